The van der Waals surface area contributed by atoms with Crippen LogP contribution in [0.3, 0.4) is 0 Å². The molecule has 0 bridgehead atoms. The van der Waals surface area contributed by atoms with Gasteiger partial charge >= 0.3 is 0 Å². The summed E-state index contributed by atoms with van der Waals surface area (Å²) in [5.41, 5.74) is 6.13. The number of likely N-dealkylation sites (N-methyl/N-ethyl adjacent to an activating group) is 1. The molecule has 0 aromatic heterocycles. The van der Waals surface area contributed by atoms with E-state index in [0.29, 0.717) is 0 Å². The Kier molecular flexibility index (Phi) is 9.79. The molecule has 0 aromatic carbocycles. The molecule has 0 radical (unpaired) electrons. The fourth-order valence-corrected chi connectivity index (χ4v) is 2.33. The maximum absolute atomic E-state index is 5.99. The lowest BCUT2D eigenvalue weighted by Gasteiger charge is -2.40. The van der Waals surface area contributed by atoms with Crippen molar-refractivity contribution < 1.29 is 4.74 Å². The highest BCUT2D eigenvalue weighted by Crippen LogP contribution is 2.21. The molecule has 1 atom stereocenters. The van der Waals surface area contributed by atoms with Gasteiger partial charge in [0.1, 0.15) is 0 Å². The predicted molar refractivity (Wildman–Crippen MR) is 75.3 cm³/mol. The summed E-state index contributed by atoms with van der Waals surface area (Å²) in [5, 5.41) is 0. The molecule has 0 aliphatic carbocycles. The van der Waals surface area contributed by atoms with Crippen LogP contribution in [-0.2, 0) is 4.74 Å². The van der Waals surface area contributed by atoms with Crippen molar-refractivity contribution in [1.82, 2.24) is 4.90 Å². The van der Waals surface area contributed by atoms with Gasteiger partial charge in [0.15, 0.2) is 0 Å². The van der Waals surface area contributed by atoms with Gasteiger partial charge in [0.2, 0.25) is 0 Å². The van der Waals surface area contributed by atoms with Gasteiger partial charge in [0, 0.05) is 25.7 Å². The first-order valence-corrected chi connectivity index (χ1v) is 7.08. The number of methoxy groups -OCH3 is 1. The van der Waals surface area contributed by atoms with Crippen molar-refractivity contribution in [2.45, 2.75) is 58.4 Å². The van der Waals surface area contributed by atoms with Crippen molar-refractivity contribution in [1.29, 1.82) is 0 Å². The first-order valence-electron chi connectivity index (χ1n) is 7.08. The molecule has 0 amide bonds. The van der Waals surface area contributed by atoms with Crippen molar-refractivity contribution in [2.75, 3.05) is 33.4 Å². The van der Waals surface area contributed by atoms with E-state index in [1.807, 2.05) is 0 Å². The van der Waals surface area contributed by atoms with Gasteiger partial charge in [-0.15, -0.1) is 0 Å². The molecule has 0 fully saturated rings. The highest BCUT2D eigenvalue weighted by atomic mass is 16.5. The molecule has 0 saturated carbocycles. The molecule has 0 aliphatic rings. The van der Waals surface area contributed by atoms with Crippen LogP contribution < -0.4 is 5.73 Å². The molecule has 0 rings (SSSR count). The summed E-state index contributed by atoms with van der Waals surface area (Å²) in [5.74, 6) is 0. The molecule has 0 spiro atoms. The van der Waals surface area contributed by atoms with Gasteiger partial charge in [-0.25, -0.2) is 0 Å². The Morgan fingerprint density at radius 2 is 1.88 bits per heavy atom. The number of nitrogens with zero attached hydrogens (tertiary/aromatic N) is 1. The van der Waals surface area contributed by atoms with Crippen molar-refractivity contribution in [2.24, 2.45) is 5.73 Å². The van der Waals surface area contributed by atoms with E-state index in [0.717, 1.165) is 26.2 Å². The zero-order valence-electron chi connectivity index (χ0n) is 12.3. The van der Waals surface area contributed by atoms with E-state index in [1.165, 1.54) is 32.1 Å². The minimum Gasteiger partial charge on any atom is -0.383 e. The lowest BCUT2D eigenvalue weighted by Crippen LogP contribution is -2.52. The van der Waals surface area contributed by atoms with Gasteiger partial charge in [-0.05, 0) is 19.9 Å². The van der Waals surface area contributed by atoms with Gasteiger partial charge in [-0.3, -0.25) is 4.90 Å². The molecule has 0 aliphatic heterocycles. The summed E-state index contributed by atoms with van der Waals surface area (Å²) in [6.45, 7) is 10.3. The lowest BCUT2D eigenvalue weighted by molar-refractivity contribution is 0.0680. The molecule has 0 saturated heterocycles. The van der Waals surface area contributed by atoms with E-state index in [-0.39, 0.29) is 5.54 Å². The molecular weight excluding hydrogens is 212 g/mol. The Morgan fingerprint density at radius 3 is 2.35 bits per heavy atom. The number of ether oxygens (including phenoxy) is 1. The van der Waals surface area contributed by atoms with Crippen LogP contribution in [0.25, 0.3) is 0 Å². The maximum atomic E-state index is 5.99. The second kappa shape index (κ2) is 9.86. The quantitative estimate of drug-likeness (QED) is 0.568. The highest BCUT2D eigenvalue weighted by Gasteiger charge is 2.28. The average Bonchev–Trinajstić information content (AvgIpc) is 2.35. The first-order chi connectivity index (χ1) is 8.14. The Labute approximate surface area is 108 Å². The second-order valence-corrected chi connectivity index (χ2v) is 5.08. The molecule has 0 heterocycles. The topological polar surface area (TPSA) is 38.5 Å². The predicted octanol–water partition coefficient (Wildman–Crippen LogP) is 2.64. The zero-order chi connectivity index (χ0) is 13.1. The van der Waals surface area contributed by atoms with Gasteiger partial charge in [0.25, 0.3) is 0 Å². The minimum atomic E-state index is 0.140. The van der Waals surface area contributed by atoms with Crippen molar-refractivity contribution >= 4 is 0 Å². The van der Waals surface area contributed by atoms with Gasteiger partial charge < -0.3 is 10.5 Å². The highest BCUT2D eigenvalue weighted by molar-refractivity contribution is 4.86. The number of hydrogen-bond acceptors (Lipinski definition) is 3. The van der Waals surface area contributed by atoms with Crippen LogP contribution in [0.1, 0.15) is 52.9 Å². The third kappa shape index (κ3) is 6.39. The monoisotopic (exact) mass is 244 g/mol. The smallest absolute Gasteiger partial charge is 0.0589 e. The summed E-state index contributed by atoms with van der Waals surface area (Å²) in [4.78, 5) is 2.46. The van der Waals surface area contributed by atoms with Crippen LogP contribution in [0.2, 0.25) is 0 Å². The summed E-state index contributed by atoms with van der Waals surface area (Å²) in [6.07, 6.45) is 6.44. The Balaban J connectivity index is 4.18. The van der Waals surface area contributed by atoms with Crippen molar-refractivity contribution in [3.05, 3.63) is 0 Å². The summed E-state index contributed by atoms with van der Waals surface area (Å²) in [7, 11) is 1.76. The molecular formula is C14H32N2O. The van der Waals surface area contributed by atoms with E-state index >= 15 is 0 Å². The molecule has 3 nitrogen and oxygen atoms in total. The van der Waals surface area contributed by atoms with E-state index in [4.69, 9.17) is 10.5 Å². The Hall–Kier alpha value is -0.120. The second-order valence-electron chi connectivity index (χ2n) is 5.08. The van der Waals surface area contributed by atoms with E-state index in [2.05, 4.69) is 25.7 Å². The summed E-state index contributed by atoms with van der Waals surface area (Å²) >= 11 is 0. The van der Waals surface area contributed by atoms with E-state index < -0.39 is 0 Å². The SMILES string of the molecule is CCCCCCC(C)(CN)N(CC)CCOC. The Bertz CT molecular complexity index is 176. The van der Waals surface area contributed by atoms with E-state index in [9.17, 15) is 0 Å². The number of nitrogens with two attached hydrogens (primary N) is 1. The molecule has 3 heteroatoms. The Morgan fingerprint density at radius 1 is 1.18 bits per heavy atom. The van der Waals surface area contributed by atoms with Crippen LogP contribution in [0, 0.1) is 0 Å². The van der Waals surface area contributed by atoms with Crippen molar-refractivity contribution in [3.8, 4) is 0 Å². The number of rotatable bonds is 11. The van der Waals surface area contributed by atoms with Crippen LogP contribution in [0.4, 0.5) is 0 Å². The maximum Gasteiger partial charge on any atom is 0.0589 e. The molecule has 1 unspecified atom stereocenters. The number of unbranched alkanes of at least 4 members (excludes halogenated alkanes) is 3. The van der Waals surface area contributed by atoms with Crippen molar-refractivity contribution in [3.63, 3.8) is 0 Å². The first kappa shape index (κ1) is 16.9. The fraction of sp³-hybridized carbons (Fsp3) is 1.00. The molecule has 2 N–H and O–H groups in total. The summed E-state index contributed by atoms with van der Waals surface area (Å²) in [6, 6.07) is 0. The third-order valence-corrected chi connectivity index (χ3v) is 3.72. The fourth-order valence-electron chi connectivity index (χ4n) is 2.33. The lowest BCUT2D eigenvalue weighted by atomic mass is 9.92. The normalized spacial score (nSPS) is 15.2. The van der Waals surface area contributed by atoms with Crippen LogP contribution in [-0.4, -0.2) is 43.8 Å². The summed E-state index contributed by atoms with van der Waals surface area (Å²) < 4.78 is 5.17. The number of hydrogen-bond donors (Lipinski definition) is 1. The standard InChI is InChI=1S/C14H32N2O/c1-5-7-8-9-10-14(3,13-15)16(6-2)11-12-17-4/h5-13,15H2,1-4H3. The molecule has 17 heavy (non-hydrogen) atoms. The van der Waals surface area contributed by atoms with Crippen LogP contribution in [0.15, 0.2) is 0 Å². The molecule has 0 aromatic rings. The van der Waals surface area contributed by atoms with Gasteiger partial charge in [0.05, 0.1) is 6.61 Å². The van der Waals surface area contributed by atoms with Crippen LogP contribution >= 0.6 is 0 Å². The third-order valence-electron chi connectivity index (χ3n) is 3.72. The van der Waals surface area contributed by atoms with Gasteiger partial charge in [-0.1, -0.05) is 39.5 Å². The van der Waals surface area contributed by atoms with Gasteiger partial charge in [-0.2, -0.15) is 0 Å². The largest absolute Gasteiger partial charge is 0.383 e. The minimum absolute atomic E-state index is 0.140. The molecule has 104 valence electrons. The van der Waals surface area contributed by atoms with Crippen LogP contribution in [0.5, 0.6) is 0 Å². The average molecular weight is 244 g/mol. The zero-order valence-corrected chi connectivity index (χ0v) is 12.3. The van der Waals surface area contributed by atoms with E-state index in [1.54, 1.807) is 7.11 Å².